The predicted octanol–water partition coefficient (Wildman–Crippen LogP) is 13.1. The average molecular weight is 2030 g/mol. The van der Waals surface area contributed by atoms with Crippen LogP contribution in [0, 0.1) is 87.8 Å². The lowest BCUT2D eigenvalue weighted by atomic mass is 9.82. The number of halogens is 10. The first-order valence-electron chi connectivity index (χ1n) is 44.9. The van der Waals surface area contributed by atoms with E-state index in [1.54, 1.807) is 34.6 Å². The molecule has 10 aromatic rings. The van der Waals surface area contributed by atoms with Crippen LogP contribution in [0.25, 0.3) is 0 Å². The molecule has 5 aliphatic rings. The van der Waals surface area contributed by atoms with Gasteiger partial charge in [-0.05, 0) is 155 Å². The van der Waals surface area contributed by atoms with Gasteiger partial charge in [0, 0.05) is 117 Å². The fourth-order valence-electron chi connectivity index (χ4n) is 17.8. The molecular weight excluding hydrogens is 1920 g/mol. The SMILES string of the molecule is COc1c([C@@H]2[C@@H](C)[C@@H](C)O[C@H]2C(=O)Nc2ccnc(C(N)=O)c2)ccc(F)c1F.COc1c([C@H]2[C@@H](C)[C@@H](C)O[C@@H]2C(=O)Nc2ccnc(C(N)=O)c2)ccc(F)c1F.COc1c([C@H]2[C@@H](C)[C@@H](C)O[C@H]2C(=O)Nc2ccnc(C(N)=O)c2)ccc(F)c1F.COc1c([C@H]2[C@@H](C)[C@H](C)O[C@H]2C(=O)Nc2ccnc(C(N)=O)c2)ccc(F)c1F.COc1c([C@H]2[C@H](C)[C@@H](C)O[C@H]2C(=O)Nc2ccnc(C(N)=O)c2)ccc(F)c1F. The maximum absolute atomic E-state index is 14.2. The summed E-state index contributed by atoms with van der Waals surface area (Å²) in [7, 11) is 6.19. The molecule has 15 rings (SSSR count). The van der Waals surface area contributed by atoms with E-state index in [4.69, 9.17) is 76.0 Å². The summed E-state index contributed by atoms with van der Waals surface area (Å²) in [6.45, 7) is 18.3. The van der Waals surface area contributed by atoms with Crippen molar-refractivity contribution in [2.45, 2.75) is 160 Å². The molecule has 15 N–H and O–H groups in total. The molecule has 770 valence electrons. The summed E-state index contributed by atoms with van der Waals surface area (Å²) < 4.78 is 194. The number of ether oxygens (including phenoxy) is 10. The highest BCUT2D eigenvalue weighted by molar-refractivity contribution is 6.02. The monoisotopic (exact) mass is 2030 g/mol. The first kappa shape index (κ1) is 110. The number of hydrogen-bond donors (Lipinski definition) is 10. The third-order valence-electron chi connectivity index (χ3n) is 25.9. The second-order valence-electron chi connectivity index (χ2n) is 34.6. The first-order chi connectivity index (χ1) is 68.7. The Bertz CT molecular complexity index is 5650. The largest absolute Gasteiger partial charge is 0.493 e. The normalized spacial score (nSPS) is 23.6. The van der Waals surface area contributed by atoms with Crippen molar-refractivity contribution in [3.63, 3.8) is 0 Å². The highest BCUT2D eigenvalue weighted by Crippen LogP contribution is 2.51. The zero-order chi connectivity index (χ0) is 106. The molecule has 10 heterocycles. The molecule has 20 atom stereocenters. The zero-order valence-electron chi connectivity index (χ0n) is 80.5. The van der Waals surface area contributed by atoms with Gasteiger partial charge in [-0.1, -0.05) is 65.0 Å². The predicted molar refractivity (Wildman–Crippen MR) is 503 cm³/mol. The number of nitrogens with two attached hydrogens (primary N) is 5. The van der Waals surface area contributed by atoms with Crippen LogP contribution in [-0.2, 0) is 47.7 Å². The quantitative estimate of drug-likeness (QED) is 0.0238. The molecule has 5 fully saturated rings. The Balaban J connectivity index is 0.000000173. The summed E-state index contributed by atoms with van der Waals surface area (Å²) in [6.07, 6.45) is 0.222. The van der Waals surface area contributed by atoms with E-state index in [9.17, 15) is 91.8 Å². The topological polar surface area (TPSA) is 518 Å². The van der Waals surface area contributed by atoms with E-state index in [1.165, 1.54) is 158 Å². The Labute approximate surface area is 823 Å². The van der Waals surface area contributed by atoms with Crippen molar-refractivity contribution in [3.8, 4) is 28.7 Å². The number of benzene rings is 5. The Hall–Kier alpha value is -15.4. The fourth-order valence-corrected chi connectivity index (χ4v) is 17.8. The van der Waals surface area contributed by atoms with Crippen LogP contribution in [0.3, 0.4) is 0 Å². The third kappa shape index (κ3) is 24.6. The lowest BCUT2D eigenvalue weighted by molar-refractivity contribution is -0.127. The number of primary amides is 5. The minimum Gasteiger partial charge on any atom is -0.493 e. The first-order valence-corrected chi connectivity index (χ1v) is 44.9. The highest BCUT2D eigenvalue weighted by Gasteiger charge is 2.52. The minimum absolute atomic E-state index is 0.00398. The number of nitrogens with zero attached hydrogens (tertiary/aromatic N) is 5. The van der Waals surface area contributed by atoms with Crippen molar-refractivity contribution in [3.05, 3.63) is 267 Å². The molecule has 0 bridgehead atoms. The number of carbonyl (C=O) groups excluding carboxylic acids is 10. The Kier molecular flexibility index (Phi) is 36.2. The van der Waals surface area contributed by atoms with Crippen molar-refractivity contribution >= 4 is 87.5 Å². The molecule has 0 spiro atoms. The maximum Gasteiger partial charge on any atom is 0.267 e. The van der Waals surface area contributed by atoms with Gasteiger partial charge in [-0.25, -0.2) is 22.0 Å². The molecular formula is C100H105F10N15O20. The molecule has 5 aliphatic heterocycles. The fraction of sp³-hybridized carbons (Fsp3) is 0.350. The average Bonchev–Trinajstić information content (AvgIpc) is 1.66. The molecule has 145 heavy (non-hydrogen) atoms. The van der Waals surface area contributed by atoms with Gasteiger partial charge in [-0.2, -0.15) is 22.0 Å². The van der Waals surface area contributed by atoms with E-state index in [1.807, 2.05) is 34.6 Å². The van der Waals surface area contributed by atoms with E-state index < -0.39 is 177 Å². The molecule has 10 amide bonds. The molecule has 0 aliphatic carbocycles. The molecule has 35 nitrogen and oxygen atoms in total. The van der Waals surface area contributed by atoms with E-state index in [0.717, 1.165) is 30.3 Å². The molecule has 0 unspecified atom stereocenters. The van der Waals surface area contributed by atoms with Crippen molar-refractivity contribution < 1.29 is 139 Å². The summed E-state index contributed by atoms with van der Waals surface area (Å²) in [5, 5.41) is 13.3. The third-order valence-corrected chi connectivity index (χ3v) is 25.9. The molecule has 5 aromatic heterocycles. The smallest absolute Gasteiger partial charge is 0.267 e. The summed E-state index contributed by atoms with van der Waals surface area (Å²) in [5.74, 6) is -22.0. The standard InChI is InChI=1S/5C20H21F2N3O4/c5*1-9-10(2)29-18(15(9)12-4-5-13(21)16(22)17(12)28-3)20(27)25-11-6-7-24-14(8-11)19(23)26/h5*4-10,15,18H,1-3H3,(H2,23,26)(H,24,25,27)/t9-,10+,15+,18+;9-,10+,15+,18-;9-,10+,15-,18+;9-,10-,15+,18+;9-,10-,15-,18-/m00001/s1. The number of hydrogen-bond acceptors (Lipinski definition) is 25. The second-order valence-corrected chi connectivity index (χ2v) is 34.6. The van der Waals surface area contributed by atoms with Gasteiger partial charge in [0.2, 0.25) is 29.1 Å². The van der Waals surface area contributed by atoms with Gasteiger partial charge >= 0.3 is 0 Å². The Morgan fingerprint density at radius 3 is 0.524 bits per heavy atom. The molecule has 45 heteroatoms. The van der Waals surface area contributed by atoms with Gasteiger partial charge in [-0.3, -0.25) is 72.9 Å². The number of methoxy groups -OCH3 is 5. The number of anilines is 5. The summed E-state index contributed by atoms with van der Waals surface area (Å²) >= 11 is 0. The molecule has 0 saturated carbocycles. The number of carbonyl (C=O) groups is 10. The van der Waals surface area contributed by atoms with Crippen LogP contribution in [0.5, 0.6) is 28.7 Å². The molecule has 0 radical (unpaired) electrons. The maximum atomic E-state index is 14.2. The van der Waals surface area contributed by atoms with E-state index in [0.29, 0.717) is 56.3 Å². The van der Waals surface area contributed by atoms with Gasteiger partial charge in [0.15, 0.2) is 57.8 Å². The van der Waals surface area contributed by atoms with Gasteiger partial charge in [0.05, 0.1) is 66.1 Å². The van der Waals surface area contributed by atoms with Crippen LogP contribution in [-0.4, -0.2) is 181 Å². The van der Waals surface area contributed by atoms with E-state index in [-0.39, 0.29) is 117 Å². The number of aromatic nitrogens is 5. The number of rotatable bonds is 25. The number of pyridine rings is 5. The Morgan fingerprint density at radius 1 is 0.248 bits per heavy atom. The minimum atomic E-state index is -1.11. The lowest BCUT2D eigenvalue weighted by Crippen LogP contribution is -2.33. The van der Waals surface area contributed by atoms with Gasteiger partial charge < -0.3 is 103 Å². The van der Waals surface area contributed by atoms with Crippen LogP contribution in [0.4, 0.5) is 72.3 Å². The van der Waals surface area contributed by atoms with Crippen molar-refractivity contribution in [2.75, 3.05) is 62.1 Å². The zero-order valence-corrected chi connectivity index (χ0v) is 80.5. The second kappa shape index (κ2) is 47.7. The van der Waals surface area contributed by atoms with Crippen molar-refractivity contribution in [1.29, 1.82) is 0 Å². The number of amides is 10. The molecule has 5 saturated heterocycles. The van der Waals surface area contributed by atoms with Crippen LogP contribution in [0.1, 0.15) is 179 Å². The lowest BCUT2D eigenvalue weighted by Gasteiger charge is -2.23. The van der Waals surface area contributed by atoms with Crippen molar-refractivity contribution in [1.82, 2.24) is 24.9 Å². The van der Waals surface area contributed by atoms with E-state index >= 15 is 0 Å². The highest BCUT2D eigenvalue weighted by atomic mass is 19.2. The van der Waals surface area contributed by atoms with Crippen LogP contribution >= 0.6 is 0 Å². The Morgan fingerprint density at radius 2 is 0.393 bits per heavy atom. The summed E-state index contributed by atoms with van der Waals surface area (Å²) in [4.78, 5) is 140. The molecule has 5 aromatic carbocycles. The summed E-state index contributed by atoms with van der Waals surface area (Å²) in [6, 6.07) is 26.2. The van der Waals surface area contributed by atoms with E-state index in [2.05, 4.69) is 51.5 Å². The van der Waals surface area contributed by atoms with Gasteiger partial charge in [-0.15, -0.1) is 0 Å². The van der Waals surface area contributed by atoms with Crippen LogP contribution < -0.4 is 78.9 Å². The van der Waals surface area contributed by atoms with Gasteiger partial charge in [0.1, 0.15) is 59.0 Å². The van der Waals surface area contributed by atoms with Crippen molar-refractivity contribution in [2.24, 2.45) is 58.3 Å². The van der Waals surface area contributed by atoms with Gasteiger partial charge in [0.25, 0.3) is 59.1 Å². The van der Waals surface area contributed by atoms with Crippen LogP contribution in [0.15, 0.2) is 152 Å². The number of nitrogens with one attached hydrogen (secondary N) is 5. The summed E-state index contributed by atoms with van der Waals surface area (Å²) in [5.41, 5.74) is 29.3. The van der Waals surface area contributed by atoms with Crippen LogP contribution in [0.2, 0.25) is 0 Å².